The topological polar surface area (TPSA) is 0 Å². The maximum Gasteiger partial charge on any atom is -0.0176 e. The van der Waals surface area contributed by atoms with Crippen molar-refractivity contribution in [3.63, 3.8) is 0 Å². The highest BCUT2D eigenvalue weighted by Crippen LogP contribution is 2.58. The van der Waals surface area contributed by atoms with Gasteiger partial charge in [-0.1, -0.05) is 32.9 Å². The van der Waals surface area contributed by atoms with Crippen molar-refractivity contribution in [2.75, 3.05) is 0 Å². The summed E-state index contributed by atoms with van der Waals surface area (Å²) in [5.41, 5.74) is 0.619. The van der Waals surface area contributed by atoms with Crippen molar-refractivity contribution in [3.8, 4) is 0 Å². The fraction of sp³-hybridized carbons (Fsp3) is 0.800. The lowest BCUT2D eigenvalue weighted by atomic mass is 9.48. The Morgan fingerprint density at radius 2 is 2.00 bits per heavy atom. The maximum absolute atomic E-state index is 2.42. The van der Waals surface area contributed by atoms with E-state index in [1.54, 1.807) is 0 Å². The zero-order valence-electron chi connectivity index (χ0n) is 7.09. The van der Waals surface area contributed by atoms with E-state index >= 15 is 0 Å². The second-order valence-electron chi connectivity index (χ2n) is 4.51. The van der Waals surface area contributed by atoms with Gasteiger partial charge in [0.1, 0.15) is 0 Å². The summed E-state index contributed by atoms with van der Waals surface area (Å²) in [6.07, 6.45) is 6.26. The Hall–Kier alpha value is -0.260. The summed E-state index contributed by atoms with van der Waals surface area (Å²) >= 11 is 0. The van der Waals surface area contributed by atoms with Crippen molar-refractivity contribution in [1.29, 1.82) is 0 Å². The highest BCUT2D eigenvalue weighted by atomic mass is 14.5. The second kappa shape index (κ2) is 1.66. The van der Waals surface area contributed by atoms with Gasteiger partial charge in [0, 0.05) is 0 Å². The largest absolute Gasteiger partial charge is 0.0851 e. The van der Waals surface area contributed by atoms with E-state index in [1.165, 1.54) is 6.42 Å². The third kappa shape index (κ3) is 0.574. The highest BCUT2D eigenvalue weighted by molar-refractivity contribution is 5.15. The molecule has 0 N–H and O–H groups in total. The van der Waals surface area contributed by atoms with Gasteiger partial charge in [-0.15, -0.1) is 0 Å². The zero-order valence-corrected chi connectivity index (χ0v) is 7.09. The number of fused-ring (bicyclic) bond motifs is 1. The highest BCUT2D eigenvalue weighted by Gasteiger charge is 2.50. The average molecular weight is 136 g/mol. The van der Waals surface area contributed by atoms with Crippen LogP contribution < -0.4 is 0 Å². The lowest BCUT2D eigenvalue weighted by Gasteiger charge is -2.56. The van der Waals surface area contributed by atoms with Crippen LogP contribution >= 0.6 is 0 Å². The first-order valence-corrected chi connectivity index (χ1v) is 4.30. The Kier molecular flexibility index (Phi) is 1.07. The fourth-order valence-electron chi connectivity index (χ4n) is 2.66. The van der Waals surface area contributed by atoms with Gasteiger partial charge in [0.25, 0.3) is 0 Å². The molecule has 1 fully saturated rings. The molecule has 3 aliphatic rings. The predicted molar refractivity (Wildman–Crippen MR) is 43.7 cm³/mol. The van der Waals surface area contributed by atoms with Gasteiger partial charge >= 0.3 is 0 Å². The summed E-state index contributed by atoms with van der Waals surface area (Å²) in [5, 5.41) is 0. The zero-order chi connectivity index (χ0) is 7.35. The van der Waals surface area contributed by atoms with Crippen LogP contribution in [0.2, 0.25) is 0 Å². The Morgan fingerprint density at radius 3 is 2.30 bits per heavy atom. The number of rotatable bonds is 0. The van der Waals surface area contributed by atoms with E-state index < -0.39 is 0 Å². The van der Waals surface area contributed by atoms with Crippen molar-refractivity contribution in [1.82, 2.24) is 0 Å². The summed E-state index contributed by atoms with van der Waals surface area (Å²) in [4.78, 5) is 0. The third-order valence-electron chi connectivity index (χ3n) is 3.70. The quantitative estimate of drug-likeness (QED) is 0.449. The predicted octanol–water partition coefficient (Wildman–Crippen LogP) is 2.85. The van der Waals surface area contributed by atoms with Gasteiger partial charge in [0.05, 0.1) is 0 Å². The van der Waals surface area contributed by atoms with Gasteiger partial charge < -0.3 is 0 Å². The number of allylic oxidation sites excluding steroid dienone is 2. The van der Waals surface area contributed by atoms with E-state index in [2.05, 4.69) is 32.9 Å². The summed E-state index contributed by atoms with van der Waals surface area (Å²) in [5.74, 6) is 2.70. The van der Waals surface area contributed by atoms with Crippen LogP contribution in [0.5, 0.6) is 0 Å². The van der Waals surface area contributed by atoms with Crippen LogP contribution in [0.15, 0.2) is 12.2 Å². The molecule has 0 saturated heterocycles. The minimum atomic E-state index is 0.619. The van der Waals surface area contributed by atoms with Crippen LogP contribution in [0.4, 0.5) is 0 Å². The van der Waals surface area contributed by atoms with E-state index in [1.807, 2.05) is 0 Å². The first kappa shape index (κ1) is 6.45. The van der Waals surface area contributed by atoms with Gasteiger partial charge in [-0.3, -0.25) is 0 Å². The molecule has 0 aliphatic heterocycles. The molecule has 0 aromatic carbocycles. The Bertz CT molecular complexity index is 176. The number of hydrogen-bond donors (Lipinski definition) is 0. The maximum atomic E-state index is 2.42. The summed E-state index contributed by atoms with van der Waals surface area (Å²) < 4.78 is 0. The Morgan fingerprint density at radius 1 is 1.30 bits per heavy atom. The summed E-state index contributed by atoms with van der Waals surface area (Å²) in [6, 6.07) is 0. The molecule has 56 valence electrons. The van der Waals surface area contributed by atoms with Crippen molar-refractivity contribution in [2.45, 2.75) is 27.2 Å². The van der Waals surface area contributed by atoms with Crippen molar-refractivity contribution in [2.24, 2.45) is 23.2 Å². The Balaban J connectivity index is 2.28. The van der Waals surface area contributed by atoms with Gasteiger partial charge in [-0.2, -0.15) is 0 Å². The summed E-state index contributed by atoms with van der Waals surface area (Å²) in [6.45, 7) is 7.16. The molecule has 1 saturated carbocycles. The molecule has 3 rings (SSSR count). The van der Waals surface area contributed by atoms with E-state index in [4.69, 9.17) is 0 Å². The summed E-state index contributed by atoms with van der Waals surface area (Å²) in [7, 11) is 0. The molecule has 0 heteroatoms. The lowest BCUT2D eigenvalue weighted by molar-refractivity contribution is -0.0258. The standard InChI is InChI=1S/C10H16/c1-7-4-5-8-6-9(7)10(8,2)3/h4-5,7-9H,6H2,1-3H3/t7-,8+,9+/m1/s1. The second-order valence-corrected chi connectivity index (χ2v) is 4.51. The minimum absolute atomic E-state index is 0.619. The molecule has 0 spiro atoms. The monoisotopic (exact) mass is 136 g/mol. The van der Waals surface area contributed by atoms with Crippen LogP contribution in [0.3, 0.4) is 0 Å². The molecular formula is C10H16. The van der Waals surface area contributed by atoms with Crippen molar-refractivity contribution in [3.05, 3.63) is 12.2 Å². The van der Waals surface area contributed by atoms with E-state index in [-0.39, 0.29) is 0 Å². The molecule has 0 heterocycles. The van der Waals surface area contributed by atoms with Gasteiger partial charge in [-0.25, -0.2) is 0 Å². The van der Waals surface area contributed by atoms with Gasteiger partial charge in [0.15, 0.2) is 0 Å². The van der Waals surface area contributed by atoms with Crippen molar-refractivity contribution >= 4 is 0 Å². The average Bonchev–Trinajstić information content (AvgIpc) is 1.87. The fourth-order valence-corrected chi connectivity index (χ4v) is 2.66. The van der Waals surface area contributed by atoms with Crippen LogP contribution in [0, 0.1) is 23.2 Å². The molecule has 0 radical (unpaired) electrons. The van der Waals surface area contributed by atoms with Crippen LogP contribution in [0.1, 0.15) is 27.2 Å². The van der Waals surface area contributed by atoms with Crippen LogP contribution in [-0.4, -0.2) is 0 Å². The smallest absolute Gasteiger partial charge is 0.0176 e. The molecule has 0 unspecified atom stereocenters. The molecule has 2 bridgehead atoms. The van der Waals surface area contributed by atoms with Crippen LogP contribution in [-0.2, 0) is 0 Å². The Labute approximate surface area is 63.3 Å². The SMILES string of the molecule is C[C@@H]1C=C[C@H]2C[C@@H]1C2(C)C. The lowest BCUT2D eigenvalue weighted by Crippen LogP contribution is -2.49. The number of hydrogen-bond acceptors (Lipinski definition) is 0. The third-order valence-corrected chi connectivity index (χ3v) is 3.70. The molecule has 0 amide bonds. The molecule has 10 heavy (non-hydrogen) atoms. The van der Waals surface area contributed by atoms with Gasteiger partial charge in [-0.05, 0) is 29.6 Å². The minimum Gasteiger partial charge on any atom is -0.0851 e. The first-order chi connectivity index (χ1) is 4.62. The molecule has 0 aromatic heterocycles. The van der Waals surface area contributed by atoms with E-state index in [0.717, 1.165) is 17.8 Å². The van der Waals surface area contributed by atoms with E-state index in [0.29, 0.717) is 5.41 Å². The van der Waals surface area contributed by atoms with Gasteiger partial charge in [0.2, 0.25) is 0 Å². The first-order valence-electron chi connectivity index (χ1n) is 4.30. The van der Waals surface area contributed by atoms with Crippen molar-refractivity contribution < 1.29 is 0 Å². The molecular weight excluding hydrogens is 120 g/mol. The molecule has 0 aromatic rings. The molecule has 3 aliphatic carbocycles. The van der Waals surface area contributed by atoms with Crippen LogP contribution in [0.25, 0.3) is 0 Å². The van der Waals surface area contributed by atoms with E-state index in [9.17, 15) is 0 Å². The normalized spacial score (nSPS) is 48.5. The molecule has 3 atom stereocenters. The molecule has 0 nitrogen and oxygen atoms in total.